The second-order valence-corrected chi connectivity index (χ2v) is 5.59. The lowest BCUT2D eigenvalue weighted by Crippen LogP contribution is -2.63. The fraction of sp³-hybridized carbons (Fsp3) is 0.636. The van der Waals surface area contributed by atoms with E-state index in [1.807, 2.05) is 6.07 Å². The summed E-state index contributed by atoms with van der Waals surface area (Å²) in [7, 11) is 1.58. The number of anilines is 1. The SMILES string of the molecule is COc1nc(I)cc(N2CCOC3(COC3)C2)n1. The summed E-state index contributed by atoms with van der Waals surface area (Å²) >= 11 is 2.17. The molecule has 1 aromatic heterocycles. The monoisotopic (exact) mass is 363 g/mol. The van der Waals surface area contributed by atoms with E-state index in [1.54, 1.807) is 7.11 Å². The molecular formula is C11H14IN3O3. The van der Waals surface area contributed by atoms with Crippen molar-refractivity contribution < 1.29 is 14.2 Å². The van der Waals surface area contributed by atoms with Crippen molar-refractivity contribution in [2.45, 2.75) is 5.60 Å². The van der Waals surface area contributed by atoms with E-state index < -0.39 is 0 Å². The number of hydrogen-bond acceptors (Lipinski definition) is 6. The lowest BCUT2D eigenvalue weighted by molar-refractivity contribution is -0.211. The van der Waals surface area contributed by atoms with Gasteiger partial charge >= 0.3 is 6.01 Å². The van der Waals surface area contributed by atoms with Crippen molar-refractivity contribution in [3.8, 4) is 6.01 Å². The minimum Gasteiger partial charge on any atom is -0.467 e. The molecule has 2 fully saturated rings. The highest BCUT2D eigenvalue weighted by molar-refractivity contribution is 14.1. The zero-order chi connectivity index (χ0) is 12.6. The van der Waals surface area contributed by atoms with Crippen LogP contribution in [0.1, 0.15) is 0 Å². The standard InChI is InChI=1S/C11H14IN3O3/c1-16-10-13-8(12)4-9(14-10)15-2-3-18-11(5-15)6-17-7-11/h4H,2-3,5-7H2,1H3. The molecule has 0 aliphatic carbocycles. The maximum absolute atomic E-state index is 5.80. The lowest BCUT2D eigenvalue weighted by atomic mass is 10.00. The van der Waals surface area contributed by atoms with Gasteiger partial charge in [0.2, 0.25) is 0 Å². The molecule has 18 heavy (non-hydrogen) atoms. The van der Waals surface area contributed by atoms with Crippen LogP contribution in [0.25, 0.3) is 0 Å². The Bertz CT molecular complexity index is 453. The van der Waals surface area contributed by atoms with Crippen LogP contribution in [-0.2, 0) is 9.47 Å². The predicted molar refractivity (Wildman–Crippen MR) is 73.0 cm³/mol. The first-order chi connectivity index (χ1) is 8.71. The summed E-state index contributed by atoms with van der Waals surface area (Å²) in [4.78, 5) is 10.8. The first-order valence-electron chi connectivity index (χ1n) is 5.76. The Hall–Kier alpha value is -0.670. The van der Waals surface area contributed by atoms with Gasteiger partial charge < -0.3 is 19.1 Å². The van der Waals surface area contributed by atoms with E-state index in [9.17, 15) is 0 Å². The maximum atomic E-state index is 5.80. The van der Waals surface area contributed by atoms with Crippen LogP contribution >= 0.6 is 22.6 Å². The number of aromatic nitrogens is 2. The number of rotatable bonds is 2. The van der Waals surface area contributed by atoms with Crippen LogP contribution in [0, 0.1) is 3.70 Å². The molecule has 3 heterocycles. The molecule has 2 saturated heterocycles. The van der Waals surface area contributed by atoms with Gasteiger partial charge in [-0.1, -0.05) is 0 Å². The van der Waals surface area contributed by atoms with Crippen LogP contribution in [0.3, 0.4) is 0 Å². The Morgan fingerprint density at radius 2 is 2.28 bits per heavy atom. The third kappa shape index (κ3) is 2.26. The van der Waals surface area contributed by atoms with Gasteiger partial charge in [0, 0.05) is 12.6 Å². The normalized spacial score (nSPS) is 21.8. The molecule has 0 unspecified atom stereocenters. The first kappa shape index (κ1) is 12.4. The molecule has 2 aliphatic rings. The molecule has 0 bridgehead atoms. The van der Waals surface area contributed by atoms with Gasteiger partial charge in [0.1, 0.15) is 15.1 Å². The van der Waals surface area contributed by atoms with E-state index in [0.29, 0.717) is 25.8 Å². The molecule has 2 aliphatic heterocycles. The number of nitrogens with zero attached hydrogens (tertiary/aromatic N) is 3. The van der Waals surface area contributed by atoms with Crippen LogP contribution in [0.2, 0.25) is 0 Å². The lowest BCUT2D eigenvalue weighted by Gasteiger charge is -2.47. The van der Waals surface area contributed by atoms with Crippen LogP contribution in [0.15, 0.2) is 6.07 Å². The zero-order valence-corrected chi connectivity index (χ0v) is 12.2. The number of ether oxygens (including phenoxy) is 3. The van der Waals surface area contributed by atoms with Crippen molar-refractivity contribution in [3.63, 3.8) is 0 Å². The van der Waals surface area contributed by atoms with Gasteiger partial charge in [-0.15, -0.1) is 0 Å². The molecule has 6 nitrogen and oxygen atoms in total. The summed E-state index contributed by atoms with van der Waals surface area (Å²) < 4.78 is 17.0. The van der Waals surface area contributed by atoms with Crippen molar-refractivity contribution in [3.05, 3.63) is 9.77 Å². The van der Waals surface area contributed by atoms with E-state index in [2.05, 4.69) is 37.5 Å². The van der Waals surface area contributed by atoms with Crippen LogP contribution < -0.4 is 9.64 Å². The molecule has 3 rings (SSSR count). The highest BCUT2D eigenvalue weighted by atomic mass is 127. The van der Waals surface area contributed by atoms with Gasteiger partial charge in [-0.05, 0) is 22.6 Å². The third-order valence-corrected chi connectivity index (χ3v) is 3.70. The Kier molecular flexibility index (Phi) is 3.29. The van der Waals surface area contributed by atoms with E-state index in [4.69, 9.17) is 14.2 Å². The van der Waals surface area contributed by atoms with Crippen LogP contribution in [-0.4, -0.2) is 55.6 Å². The molecule has 98 valence electrons. The number of methoxy groups -OCH3 is 1. The fourth-order valence-corrected chi connectivity index (χ4v) is 2.67. The summed E-state index contributed by atoms with van der Waals surface area (Å²) in [5, 5.41) is 0. The van der Waals surface area contributed by atoms with Crippen LogP contribution in [0.5, 0.6) is 6.01 Å². The number of halogens is 1. The molecule has 0 saturated carbocycles. The average Bonchev–Trinajstić information content (AvgIpc) is 2.36. The largest absolute Gasteiger partial charge is 0.467 e. The van der Waals surface area contributed by atoms with E-state index >= 15 is 0 Å². The van der Waals surface area contributed by atoms with Gasteiger partial charge in [0.15, 0.2) is 0 Å². The Balaban J connectivity index is 1.83. The highest BCUT2D eigenvalue weighted by Crippen LogP contribution is 2.29. The fourth-order valence-electron chi connectivity index (χ4n) is 2.18. The average molecular weight is 363 g/mol. The smallest absolute Gasteiger partial charge is 0.319 e. The maximum Gasteiger partial charge on any atom is 0.319 e. The first-order valence-corrected chi connectivity index (χ1v) is 6.84. The van der Waals surface area contributed by atoms with E-state index in [1.165, 1.54) is 0 Å². The Labute approximate surface area is 119 Å². The van der Waals surface area contributed by atoms with Crippen LogP contribution in [0.4, 0.5) is 5.82 Å². The number of morpholine rings is 1. The Morgan fingerprint density at radius 3 is 2.94 bits per heavy atom. The molecule has 7 heteroatoms. The van der Waals surface area contributed by atoms with Gasteiger partial charge in [0.05, 0.1) is 33.5 Å². The van der Waals surface area contributed by atoms with Crippen molar-refractivity contribution in [1.29, 1.82) is 0 Å². The number of hydrogen-bond donors (Lipinski definition) is 0. The summed E-state index contributed by atoms with van der Waals surface area (Å²) in [6.45, 7) is 3.68. The summed E-state index contributed by atoms with van der Waals surface area (Å²) in [5.74, 6) is 0.890. The van der Waals surface area contributed by atoms with Gasteiger partial charge in [-0.3, -0.25) is 0 Å². The van der Waals surface area contributed by atoms with Crippen molar-refractivity contribution in [1.82, 2.24) is 9.97 Å². The molecule has 1 aromatic rings. The quantitative estimate of drug-likeness (QED) is 0.570. The topological polar surface area (TPSA) is 56.7 Å². The second-order valence-electron chi connectivity index (χ2n) is 4.48. The highest BCUT2D eigenvalue weighted by Gasteiger charge is 2.44. The minimum absolute atomic E-state index is 0.137. The summed E-state index contributed by atoms with van der Waals surface area (Å²) in [6, 6.07) is 2.36. The molecule has 1 spiro atoms. The third-order valence-electron chi connectivity index (χ3n) is 3.15. The van der Waals surface area contributed by atoms with Crippen molar-refractivity contribution in [2.24, 2.45) is 0 Å². The molecule has 0 radical (unpaired) electrons. The van der Waals surface area contributed by atoms with Gasteiger partial charge in [-0.25, -0.2) is 0 Å². The predicted octanol–water partition coefficient (Wildman–Crippen LogP) is 0.695. The molecule has 0 N–H and O–H groups in total. The minimum atomic E-state index is -0.137. The molecule has 0 amide bonds. The van der Waals surface area contributed by atoms with Crippen molar-refractivity contribution in [2.75, 3.05) is 44.9 Å². The summed E-state index contributed by atoms with van der Waals surface area (Å²) in [6.07, 6.45) is 0. The molecular weight excluding hydrogens is 349 g/mol. The van der Waals surface area contributed by atoms with Gasteiger partial charge in [-0.2, -0.15) is 9.97 Å². The second kappa shape index (κ2) is 4.78. The molecule has 0 aromatic carbocycles. The molecule has 0 atom stereocenters. The van der Waals surface area contributed by atoms with E-state index in [-0.39, 0.29) is 5.60 Å². The van der Waals surface area contributed by atoms with Gasteiger partial charge in [0.25, 0.3) is 0 Å². The zero-order valence-electron chi connectivity index (χ0n) is 10.1. The summed E-state index contributed by atoms with van der Waals surface area (Å²) in [5.41, 5.74) is -0.137. The van der Waals surface area contributed by atoms with Crippen molar-refractivity contribution >= 4 is 28.4 Å². The van der Waals surface area contributed by atoms with E-state index in [0.717, 1.165) is 22.6 Å². The Morgan fingerprint density at radius 1 is 1.44 bits per heavy atom.